The van der Waals surface area contributed by atoms with Crippen molar-refractivity contribution in [2.75, 3.05) is 30.3 Å². The summed E-state index contributed by atoms with van der Waals surface area (Å²) in [5.74, 6) is -0.537. The molecule has 9 nitrogen and oxygen atoms in total. The largest absolute Gasteiger partial charge is 0.390 e. The van der Waals surface area contributed by atoms with E-state index in [1.165, 1.54) is 13.8 Å². The zero-order chi connectivity index (χ0) is 23.0. The molecule has 1 atom stereocenters. The van der Waals surface area contributed by atoms with Crippen LogP contribution in [0, 0.1) is 5.41 Å². The third-order valence-electron chi connectivity index (χ3n) is 4.49. The van der Waals surface area contributed by atoms with Crippen molar-refractivity contribution in [2.24, 2.45) is 5.73 Å². The highest BCUT2D eigenvalue weighted by molar-refractivity contribution is 7.89. The van der Waals surface area contributed by atoms with Gasteiger partial charge in [0.2, 0.25) is 15.9 Å². The van der Waals surface area contributed by atoms with Gasteiger partial charge in [-0.2, -0.15) is 4.31 Å². The SMILES string of the molecule is CC(C)S(=O)(=O)N(CC(=O)Nc1ccccc1)CC(O)CNc1ccc(C(=N)N)cc1. The van der Waals surface area contributed by atoms with E-state index in [2.05, 4.69) is 10.6 Å². The Morgan fingerprint density at radius 3 is 2.26 bits per heavy atom. The fourth-order valence-electron chi connectivity index (χ4n) is 2.74. The molecular formula is C21H29N5O4S. The van der Waals surface area contributed by atoms with Crippen molar-refractivity contribution in [1.82, 2.24) is 4.31 Å². The van der Waals surface area contributed by atoms with E-state index in [0.717, 1.165) is 4.31 Å². The highest BCUT2D eigenvalue weighted by atomic mass is 32.2. The molecule has 0 aliphatic rings. The van der Waals surface area contributed by atoms with Crippen molar-refractivity contribution in [3.63, 3.8) is 0 Å². The minimum absolute atomic E-state index is 0.0464. The second-order valence-electron chi connectivity index (χ2n) is 7.33. The average Bonchev–Trinajstić information content (AvgIpc) is 2.72. The predicted molar refractivity (Wildman–Crippen MR) is 123 cm³/mol. The smallest absolute Gasteiger partial charge is 0.239 e. The second kappa shape index (κ2) is 10.9. The lowest BCUT2D eigenvalue weighted by Crippen LogP contribution is -2.46. The van der Waals surface area contributed by atoms with E-state index in [1.54, 1.807) is 48.5 Å². The number of anilines is 2. The van der Waals surface area contributed by atoms with Crippen molar-refractivity contribution in [1.29, 1.82) is 5.41 Å². The van der Waals surface area contributed by atoms with Gasteiger partial charge in [0.25, 0.3) is 0 Å². The standard InChI is InChI=1S/C21H29N5O4S/c1-15(2)31(29,30)26(14-20(28)25-18-6-4-3-5-7-18)13-19(27)12-24-17-10-8-16(9-11-17)21(22)23/h3-11,15,19,24,27H,12-14H2,1-2H3,(H3,22,23)(H,25,28). The first-order valence-electron chi connectivity index (χ1n) is 9.80. The third kappa shape index (κ3) is 7.35. The molecule has 0 aliphatic heterocycles. The molecule has 10 heteroatoms. The van der Waals surface area contributed by atoms with Crippen LogP contribution >= 0.6 is 0 Å². The van der Waals surface area contributed by atoms with E-state index in [4.69, 9.17) is 11.1 Å². The number of para-hydroxylation sites is 1. The molecule has 0 spiro atoms. The summed E-state index contributed by atoms with van der Waals surface area (Å²) in [7, 11) is -3.77. The lowest BCUT2D eigenvalue weighted by atomic mass is 10.2. The molecule has 31 heavy (non-hydrogen) atoms. The van der Waals surface area contributed by atoms with Crippen LogP contribution in [0.3, 0.4) is 0 Å². The van der Waals surface area contributed by atoms with Gasteiger partial charge in [-0.3, -0.25) is 10.2 Å². The number of nitrogens with one attached hydrogen (secondary N) is 3. The summed E-state index contributed by atoms with van der Waals surface area (Å²) in [6.45, 7) is 2.49. The number of amidine groups is 1. The fraction of sp³-hybridized carbons (Fsp3) is 0.333. The monoisotopic (exact) mass is 447 g/mol. The van der Waals surface area contributed by atoms with Crippen LogP contribution in [0.15, 0.2) is 54.6 Å². The molecule has 0 heterocycles. The van der Waals surface area contributed by atoms with Gasteiger partial charge in [0, 0.05) is 30.0 Å². The fourth-order valence-corrected chi connectivity index (χ4v) is 4.01. The molecule has 2 rings (SSSR count). The van der Waals surface area contributed by atoms with Crippen LogP contribution in [0.5, 0.6) is 0 Å². The van der Waals surface area contributed by atoms with Gasteiger partial charge < -0.3 is 21.5 Å². The average molecular weight is 448 g/mol. The number of carbonyl (C=O) groups is 1. The molecule has 2 aromatic carbocycles. The van der Waals surface area contributed by atoms with Gasteiger partial charge in [0.05, 0.1) is 17.9 Å². The molecule has 0 aromatic heterocycles. The summed E-state index contributed by atoms with van der Waals surface area (Å²) >= 11 is 0. The Kier molecular flexibility index (Phi) is 8.55. The first kappa shape index (κ1) is 24.3. The lowest BCUT2D eigenvalue weighted by molar-refractivity contribution is -0.116. The Morgan fingerprint density at radius 1 is 1.10 bits per heavy atom. The zero-order valence-corrected chi connectivity index (χ0v) is 18.4. The van der Waals surface area contributed by atoms with E-state index in [0.29, 0.717) is 16.9 Å². The number of nitrogens with two attached hydrogens (primary N) is 1. The van der Waals surface area contributed by atoms with Crippen LogP contribution in [0.1, 0.15) is 19.4 Å². The molecule has 0 radical (unpaired) electrons. The Bertz CT molecular complexity index is 979. The maximum atomic E-state index is 12.7. The molecule has 0 saturated heterocycles. The highest BCUT2D eigenvalue weighted by Crippen LogP contribution is 2.13. The molecule has 168 valence electrons. The summed E-state index contributed by atoms with van der Waals surface area (Å²) in [5.41, 5.74) is 7.24. The van der Waals surface area contributed by atoms with E-state index in [1.807, 2.05) is 6.07 Å². The number of hydrogen-bond donors (Lipinski definition) is 5. The molecule has 0 saturated carbocycles. The van der Waals surface area contributed by atoms with Crippen LogP contribution in [-0.2, 0) is 14.8 Å². The van der Waals surface area contributed by atoms with Crippen molar-refractivity contribution < 1.29 is 18.3 Å². The number of hydrogen-bond acceptors (Lipinski definition) is 6. The van der Waals surface area contributed by atoms with Gasteiger partial charge >= 0.3 is 0 Å². The Hall–Kier alpha value is -2.95. The maximum Gasteiger partial charge on any atom is 0.239 e. The number of sulfonamides is 1. The predicted octanol–water partition coefficient (Wildman–Crippen LogP) is 1.42. The van der Waals surface area contributed by atoms with Gasteiger partial charge in [-0.15, -0.1) is 0 Å². The molecule has 0 bridgehead atoms. The lowest BCUT2D eigenvalue weighted by Gasteiger charge is -2.26. The van der Waals surface area contributed by atoms with Crippen molar-refractivity contribution >= 4 is 33.1 Å². The van der Waals surface area contributed by atoms with Crippen LogP contribution in [0.2, 0.25) is 0 Å². The first-order valence-corrected chi connectivity index (χ1v) is 11.3. The Balaban J connectivity index is 2.01. The van der Waals surface area contributed by atoms with Crippen LogP contribution in [-0.4, -0.2) is 60.6 Å². The molecule has 1 amide bonds. The number of aliphatic hydroxyl groups is 1. The zero-order valence-electron chi connectivity index (χ0n) is 17.6. The Morgan fingerprint density at radius 2 is 1.71 bits per heavy atom. The minimum atomic E-state index is -3.77. The number of amides is 1. The minimum Gasteiger partial charge on any atom is -0.390 e. The third-order valence-corrected chi connectivity index (χ3v) is 6.67. The molecule has 0 fully saturated rings. The van der Waals surface area contributed by atoms with Gasteiger partial charge in [-0.1, -0.05) is 18.2 Å². The number of rotatable bonds is 11. The molecule has 0 aliphatic carbocycles. The summed E-state index contributed by atoms with van der Waals surface area (Å²) in [6, 6.07) is 15.5. The van der Waals surface area contributed by atoms with Crippen LogP contribution in [0.25, 0.3) is 0 Å². The van der Waals surface area contributed by atoms with Gasteiger partial charge in [-0.05, 0) is 50.2 Å². The number of nitrogen functional groups attached to an aromatic ring is 1. The highest BCUT2D eigenvalue weighted by Gasteiger charge is 2.29. The summed E-state index contributed by atoms with van der Waals surface area (Å²) in [5, 5.41) is 22.7. The molecule has 2 aromatic rings. The van der Waals surface area contributed by atoms with E-state index in [9.17, 15) is 18.3 Å². The molecular weight excluding hydrogens is 418 g/mol. The van der Waals surface area contributed by atoms with E-state index >= 15 is 0 Å². The summed E-state index contributed by atoms with van der Waals surface area (Å²) in [4.78, 5) is 12.4. The van der Waals surface area contributed by atoms with Crippen molar-refractivity contribution in [2.45, 2.75) is 25.2 Å². The first-order chi connectivity index (χ1) is 14.6. The van der Waals surface area contributed by atoms with Crippen molar-refractivity contribution in [3.8, 4) is 0 Å². The summed E-state index contributed by atoms with van der Waals surface area (Å²) < 4.78 is 26.4. The van der Waals surface area contributed by atoms with Crippen molar-refractivity contribution in [3.05, 3.63) is 60.2 Å². The quantitative estimate of drug-likeness (QED) is 0.260. The number of carbonyl (C=O) groups excluding carboxylic acids is 1. The van der Waals surface area contributed by atoms with E-state index in [-0.39, 0.29) is 18.9 Å². The van der Waals surface area contributed by atoms with Gasteiger partial charge in [0.15, 0.2) is 0 Å². The van der Waals surface area contributed by atoms with Crippen LogP contribution in [0.4, 0.5) is 11.4 Å². The van der Waals surface area contributed by atoms with Gasteiger partial charge in [-0.25, -0.2) is 8.42 Å². The normalized spacial score (nSPS) is 12.5. The number of nitrogens with zero attached hydrogens (tertiary/aromatic N) is 1. The van der Waals surface area contributed by atoms with Crippen LogP contribution < -0.4 is 16.4 Å². The van der Waals surface area contributed by atoms with Gasteiger partial charge in [0.1, 0.15) is 5.84 Å². The molecule has 1 unspecified atom stereocenters. The summed E-state index contributed by atoms with van der Waals surface area (Å²) in [6.07, 6.45) is -1.05. The Labute approximate surface area is 182 Å². The maximum absolute atomic E-state index is 12.7. The number of aliphatic hydroxyl groups excluding tert-OH is 1. The molecule has 6 N–H and O–H groups in total. The second-order valence-corrected chi connectivity index (χ2v) is 9.82. The van der Waals surface area contributed by atoms with E-state index < -0.39 is 33.8 Å². The topological polar surface area (TPSA) is 149 Å². The number of benzene rings is 2.